The molecule has 0 saturated heterocycles. The van der Waals surface area contributed by atoms with Gasteiger partial charge >= 0.3 is 0 Å². The Balaban J connectivity index is 1.66. The quantitative estimate of drug-likeness (QED) is 0.640. The molecule has 1 aromatic carbocycles. The van der Waals surface area contributed by atoms with Gasteiger partial charge < -0.3 is 15.1 Å². The maximum Gasteiger partial charge on any atom is 0.287 e. The van der Waals surface area contributed by atoms with Crippen LogP contribution >= 0.6 is 0 Å². The minimum atomic E-state index is -0.660. The Kier molecular flexibility index (Phi) is 4.83. The van der Waals surface area contributed by atoms with Crippen LogP contribution < -0.4 is 10.6 Å². The number of aromatic amines is 1. The molecule has 7 nitrogen and oxygen atoms in total. The van der Waals surface area contributed by atoms with Crippen LogP contribution in [-0.4, -0.2) is 28.1 Å². The van der Waals surface area contributed by atoms with E-state index >= 15 is 0 Å². The molecule has 0 bridgehead atoms. The fourth-order valence-electron chi connectivity index (χ4n) is 2.59. The van der Waals surface area contributed by atoms with Gasteiger partial charge in [0.25, 0.3) is 5.91 Å². The molecule has 0 aliphatic heterocycles. The second kappa shape index (κ2) is 7.21. The predicted molar refractivity (Wildman–Crippen MR) is 92.7 cm³/mol. The third-order valence-electron chi connectivity index (χ3n) is 3.96. The summed E-state index contributed by atoms with van der Waals surface area (Å²) in [5, 5.41) is 13.7. The second-order valence-corrected chi connectivity index (χ2v) is 6.11. The fourth-order valence-corrected chi connectivity index (χ4v) is 2.59. The van der Waals surface area contributed by atoms with Crippen molar-refractivity contribution in [2.45, 2.75) is 26.4 Å². The lowest BCUT2D eigenvalue weighted by Gasteiger charge is -2.21. The Morgan fingerprint density at radius 2 is 2.00 bits per heavy atom. The van der Waals surface area contributed by atoms with Crippen LogP contribution in [0.4, 0.5) is 0 Å². The molecular weight excluding hydrogens is 320 g/mol. The molecule has 0 aliphatic carbocycles. The molecule has 0 fully saturated rings. The maximum absolute atomic E-state index is 12.5. The molecular formula is C18H20N4O3. The van der Waals surface area contributed by atoms with Crippen molar-refractivity contribution < 1.29 is 14.0 Å². The molecule has 25 heavy (non-hydrogen) atoms. The van der Waals surface area contributed by atoms with Gasteiger partial charge in [0.1, 0.15) is 6.04 Å². The first-order valence-corrected chi connectivity index (χ1v) is 8.10. The first-order valence-electron chi connectivity index (χ1n) is 8.10. The van der Waals surface area contributed by atoms with Crippen LogP contribution in [0.25, 0.3) is 10.9 Å². The number of fused-ring (bicyclic) bond motifs is 1. The highest BCUT2D eigenvalue weighted by Crippen LogP contribution is 2.15. The summed E-state index contributed by atoms with van der Waals surface area (Å²) in [7, 11) is 0. The number of hydrogen-bond acceptors (Lipinski definition) is 4. The zero-order chi connectivity index (χ0) is 17.8. The highest BCUT2D eigenvalue weighted by Gasteiger charge is 2.25. The monoisotopic (exact) mass is 340 g/mol. The lowest BCUT2D eigenvalue weighted by molar-refractivity contribution is -0.124. The zero-order valence-electron chi connectivity index (χ0n) is 14.1. The average molecular weight is 340 g/mol. The summed E-state index contributed by atoms with van der Waals surface area (Å²) in [6.45, 7) is 4.05. The van der Waals surface area contributed by atoms with Gasteiger partial charge in [-0.05, 0) is 24.1 Å². The average Bonchev–Trinajstić information content (AvgIpc) is 3.27. The SMILES string of the molecule is CC(C)[C@H](NC(=O)c1ccco1)C(=O)NCc1[nH]nc2ccccc12. The number of nitrogens with zero attached hydrogens (tertiary/aromatic N) is 1. The Bertz CT molecular complexity index is 867. The Labute approximate surface area is 144 Å². The van der Waals surface area contributed by atoms with E-state index in [4.69, 9.17) is 4.42 Å². The third kappa shape index (κ3) is 3.71. The van der Waals surface area contributed by atoms with Gasteiger partial charge in [-0.3, -0.25) is 14.7 Å². The minimum Gasteiger partial charge on any atom is -0.459 e. The van der Waals surface area contributed by atoms with Crippen molar-refractivity contribution in [1.29, 1.82) is 0 Å². The van der Waals surface area contributed by atoms with E-state index in [9.17, 15) is 9.59 Å². The van der Waals surface area contributed by atoms with Gasteiger partial charge in [0.05, 0.1) is 24.0 Å². The van der Waals surface area contributed by atoms with Crippen molar-refractivity contribution in [2.75, 3.05) is 0 Å². The Hall–Kier alpha value is -3.09. The fraction of sp³-hybridized carbons (Fsp3) is 0.278. The van der Waals surface area contributed by atoms with E-state index in [-0.39, 0.29) is 17.6 Å². The summed E-state index contributed by atoms with van der Waals surface area (Å²) >= 11 is 0. The van der Waals surface area contributed by atoms with Crippen LogP contribution in [0.2, 0.25) is 0 Å². The molecule has 0 saturated carbocycles. The number of rotatable bonds is 6. The van der Waals surface area contributed by atoms with Crippen LogP contribution in [0.15, 0.2) is 47.1 Å². The Morgan fingerprint density at radius 3 is 2.72 bits per heavy atom. The molecule has 3 N–H and O–H groups in total. The number of carbonyl (C=O) groups excluding carboxylic acids is 2. The molecule has 0 aliphatic rings. The van der Waals surface area contributed by atoms with E-state index in [2.05, 4.69) is 20.8 Å². The van der Waals surface area contributed by atoms with E-state index < -0.39 is 11.9 Å². The van der Waals surface area contributed by atoms with Crippen LogP contribution in [0, 0.1) is 5.92 Å². The van der Waals surface area contributed by atoms with Gasteiger partial charge in [0, 0.05) is 5.39 Å². The number of H-pyrrole nitrogens is 1. The topological polar surface area (TPSA) is 100 Å². The van der Waals surface area contributed by atoms with Crippen molar-refractivity contribution in [2.24, 2.45) is 5.92 Å². The molecule has 0 unspecified atom stereocenters. The van der Waals surface area contributed by atoms with Crippen molar-refractivity contribution in [3.8, 4) is 0 Å². The molecule has 7 heteroatoms. The van der Waals surface area contributed by atoms with Gasteiger partial charge in [-0.15, -0.1) is 0 Å². The summed E-state index contributed by atoms with van der Waals surface area (Å²) < 4.78 is 5.07. The lowest BCUT2D eigenvalue weighted by atomic mass is 10.0. The normalized spacial score (nSPS) is 12.3. The molecule has 1 atom stereocenters. The number of para-hydroxylation sites is 1. The number of carbonyl (C=O) groups is 2. The van der Waals surface area contributed by atoms with Gasteiger partial charge in [-0.2, -0.15) is 5.10 Å². The highest BCUT2D eigenvalue weighted by molar-refractivity contribution is 5.95. The number of aromatic nitrogens is 2. The van der Waals surface area contributed by atoms with E-state index in [1.165, 1.54) is 6.26 Å². The number of furan rings is 1. The van der Waals surface area contributed by atoms with E-state index in [1.807, 2.05) is 38.1 Å². The van der Waals surface area contributed by atoms with Crippen LogP contribution in [0.1, 0.15) is 30.1 Å². The van der Waals surface area contributed by atoms with Crippen molar-refractivity contribution >= 4 is 22.7 Å². The smallest absolute Gasteiger partial charge is 0.287 e. The van der Waals surface area contributed by atoms with E-state index in [1.54, 1.807) is 12.1 Å². The van der Waals surface area contributed by atoms with Crippen LogP contribution in [0.3, 0.4) is 0 Å². The largest absolute Gasteiger partial charge is 0.459 e. The van der Waals surface area contributed by atoms with Crippen LogP contribution in [-0.2, 0) is 11.3 Å². The van der Waals surface area contributed by atoms with Crippen molar-refractivity contribution in [1.82, 2.24) is 20.8 Å². The molecule has 130 valence electrons. The molecule has 0 radical (unpaired) electrons. The van der Waals surface area contributed by atoms with Gasteiger partial charge in [-0.25, -0.2) is 0 Å². The number of hydrogen-bond donors (Lipinski definition) is 3. The summed E-state index contributed by atoms with van der Waals surface area (Å²) in [6.07, 6.45) is 1.42. The molecule has 3 rings (SSSR count). The highest BCUT2D eigenvalue weighted by atomic mass is 16.3. The number of amides is 2. The predicted octanol–water partition coefficient (Wildman–Crippen LogP) is 2.23. The van der Waals surface area contributed by atoms with Crippen molar-refractivity contribution in [3.05, 3.63) is 54.1 Å². The van der Waals surface area contributed by atoms with Crippen molar-refractivity contribution in [3.63, 3.8) is 0 Å². The third-order valence-corrected chi connectivity index (χ3v) is 3.96. The summed E-state index contributed by atoms with van der Waals surface area (Å²) in [5.41, 5.74) is 1.67. The second-order valence-electron chi connectivity index (χ2n) is 6.11. The summed E-state index contributed by atoms with van der Waals surface area (Å²) in [4.78, 5) is 24.7. The van der Waals surface area contributed by atoms with Gasteiger partial charge in [-0.1, -0.05) is 32.0 Å². The molecule has 0 spiro atoms. The minimum absolute atomic E-state index is 0.0718. The first-order chi connectivity index (χ1) is 12.1. The molecule has 2 amide bonds. The maximum atomic E-state index is 12.5. The van der Waals surface area contributed by atoms with E-state index in [0.717, 1.165) is 16.6 Å². The lowest BCUT2D eigenvalue weighted by Crippen LogP contribution is -2.49. The molecule has 3 aromatic rings. The molecule has 2 heterocycles. The van der Waals surface area contributed by atoms with Gasteiger partial charge in [0.2, 0.25) is 5.91 Å². The van der Waals surface area contributed by atoms with E-state index in [0.29, 0.717) is 6.54 Å². The van der Waals surface area contributed by atoms with Crippen LogP contribution in [0.5, 0.6) is 0 Å². The number of nitrogens with one attached hydrogen (secondary N) is 3. The zero-order valence-corrected chi connectivity index (χ0v) is 14.1. The summed E-state index contributed by atoms with van der Waals surface area (Å²) in [5.74, 6) is -0.560. The Morgan fingerprint density at radius 1 is 1.20 bits per heavy atom. The molecule has 2 aromatic heterocycles. The number of benzene rings is 1. The summed E-state index contributed by atoms with van der Waals surface area (Å²) in [6, 6.07) is 10.2. The standard InChI is InChI=1S/C18H20N4O3/c1-11(2)16(20-17(23)15-8-5-9-25-15)18(24)19-10-14-12-6-3-4-7-13(12)21-22-14/h3-9,11,16H,10H2,1-2H3,(H,19,24)(H,20,23)(H,21,22)/t16-/m0/s1. The van der Waals surface area contributed by atoms with Gasteiger partial charge in [0.15, 0.2) is 5.76 Å². The first kappa shape index (κ1) is 16.8.